The highest BCUT2D eigenvalue weighted by atomic mass is 16.6. The molecule has 0 aliphatic carbocycles. The number of rotatable bonds is 1. The van der Waals surface area contributed by atoms with E-state index in [1.54, 1.807) is 6.21 Å². The Morgan fingerprint density at radius 2 is 2.00 bits per heavy atom. The zero-order chi connectivity index (χ0) is 13.2. The third-order valence-electron chi connectivity index (χ3n) is 2.59. The summed E-state index contributed by atoms with van der Waals surface area (Å²) in [5.41, 5.74) is 0.567. The maximum absolute atomic E-state index is 12.0. The van der Waals surface area contributed by atoms with Crippen LogP contribution in [0.25, 0.3) is 0 Å². The van der Waals surface area contributed by atoms with E-state index in [1.165, 1.54) is 5.01 Å². The van der Waals surface area contributed by atoms with E-state index in [2.05, 4.69) is 5.10 Å². The molecule has 4 heteroatoms. The van der Waals surface area contributed by atoms with Crippen molar-refractivity contribution >= 4 is 12.3 Å². The van der Waals surface area contributed by atoms with Crippen LogP contribution >= 0.6 is 0 Å². The zero-order valence-electron chi connectivity index (χ0n) is 11.0. The first-order chi connectivity index (χ1) is 8.47. The lowest BCUT2D eigenvalue weighted by Crippen LogP contribution is -2.34. The van der Waals surface area contributed by atoms with E-state index < -0.39 is 11.7 Å². The molecule has 0 bridgehead atoms. The molecule has 1 aliphatic heterocycles. The first kappa shape index (κ1) is 12.6. The molecule has 4 nitrogen and oxygen atoms in total. The van der Waals surface area contributed by atoms with Crippen molar-refractivity contribution in [2.24, 2.45) is 5.10 Å². The van der Waals surface area contributed by atoms with E-state index in [0.29, 0.717) is 0 Å². The van der Waals surface area contributed by atoms with Crippen LogP contribution in [0.3, 0.4) is 0 Å². The van der Waals surface area contributed by atoms with Crippen LogP contribution in [-0.2, 0) is 4.74 Å². The van der Waals surface area contributed by atoms with Gasteiger partial charge >= 0.3 is 6.09 Å². The summed E-state index contributed by atoms with van der Waals surface area (Å²) in [4.78, 5) is 12.0. The summed E-state index contributed by atoms with van der Waals surface area (Å²) in [6.07, 6.45) is 2.08. The van der Waals surface area contributed by atoms with Crippen LogP contribution in [0.15, 0.2) is 35.4 Å². The number of carbonyl (C=O) groups excluding carboxylic acids is 1. The van der Waals surface area contributed by atoms with Gasteiger partial charge in [0.05, 0.1) is 6.04 Å². The van der Waals surface area contributed by atoms with Crippen molar-refractivity contribution in [2.45, 2.75) is 38.8 Å². The molecule has 2 rings (SSSR count). The van der Waals surface area contributed by atoms with Crippen molar-refractivity contribution in [3.8, 4) is 0 Å². The van der Waals surface area contributed by atoms with E-state index in [-0.39, 0.29) is 6.04 Å². The van der Waals surface area contributed by atoms with Gasteiger partial charge in [-0.15, -0.1) is 0 Å². The smallest absolute Gasteiger partial charge is 0.431 e. The summed E-state index contributed by atoms with van der Waals surface area (Å²) >= 11 is 0. The van der Waals surface area contributed by atoms with Gasteiger partial charge in [-0.05, 0) is 26.3 Å². The quantitative estimate of drug-likeness (QED) is 0.762. The minimum Gasteiger partial charge on any atom is -0.442 e. The van der Waals surface area contributed by atoms with Crippen molar-refractivity contribution in [3.63, 3.8) is 0 Å². The first-order valence-corrected chi connectivity index (χ1v) is 6.07. The highest BCUT2D eigenvalue weighted by molar-refractivity contribution is 5.74. The number of hydrazone groups is 1. The van der Waals surface area contributed by atoms with Gasteiger partial charge in [-0.3, -0.25) is 0 Å². The Balaban J connectivity index is 2.13. The Labute approximate surface area is 107 Å². The Bertz CT molecular complexity index is 449. The number of amides is 1. The minimum absolute atomic E-state index is 0.0546. The fourth-order valence-corrected chi connectivity index (χ4v) is 1.85. The number of benzene rings is 1. The molecule has 0 N–H and O–H groups in total. The van der Waals surface area contributed by atoms with E-state index in [1.807, 2.05) is 51.1 Å². The highest BCUT2D eigenvalue weighted by Gasteiger charge is 2.31. The standard InChI is InChI=1S/C14H18N2O2/c1-14(2,3)18-13(17)16-12(9-10-15-16)11-7-5-4-6-8-11/h4-8,10,12H,9H2,1-3H3. The second-order valence-corrected chi connectivity index (χ2v) is 5.29. The lowest BCUT2D eigenvalue weighted by molar-refractivity contribution is 0.0195. The zero-order valence-corrected chi connectivity index (χ0v) is 11.0. The molecule has 1 aromatic rings. The molecule has 0 spiro atoms. The average Bonchev–Trinajstić information content (AvgIpc) is 2.76. The number of hydrogen-bond donors (Lipinski definition) is 0. The van der Waals surface area contributed by atoms with E-state index >= 15 is 0 Å². The Morgan fingerprint density at radius 3 is 2.61 bits per heavy atom. The topological polar surface area (TPSA) is 41.9 Å². The molecular formula is C14H18N2O2. The molecule has 0 saturated carbocycles. The molecule has 0 saturated heterocycles. The van der Waals surface area contributed by atoms with Crippen LogP contribution in [0, 0.1) is 0 Å². The van der Waals surface area contributed by atoms with Crippen LogP contribution < -0.4 is 0 Å². The summed E-state index contributed by atoms with van der Waals surface area (Å²) in [5, 5.41) is 5.53. The monoisotopic (exact) mass is 246 g/mol. The molecule has 1 aliphatic rings. The van der Waals surface area contributed by atoms with E-state index in [0.717, 1.165) is 12.0 Å². The molecule has 1 atom stereocenters. The average molecular weight is 246 g/mol. The summed E-state index contributed by atoms with van der Waals surface area (Å²) in [7, 11) is 0. The summed E-state index contributed by atoms with van der Waals surface area (Å²) < 4.78 is 5.35. The third kappa shape index (κ3) is 2.88. The molecule has 1 amide bonds. The largest absolute Gasteiger partial charge is 0.442 e. The van der Waals surface area contributed by atoms with Crippen molar-refractivity contribution in [3.05, 3.63) is 35.9 Å². The van der Waals surface area contributed by atoms with E-state index in [9.17, 15) is 4.79 Å². The number of hydrogen-bond acceptors (Lipinski definition) is 3. The number of carbonyl (C=O) groups is 1. The van der Waals surface area contributed by atoms with Gasteiger partial charge in [-0.1, -0.05) is 30.3 Å². The summed E-state index contributed by atoms with van der Waals surface area (Å²) in [6.45, 7) is 5.55. The summed E-state index contributed by atoms with van der Waals surface area (Å²) in [5.74, 6) is 0. The fraction of sp³-hybridized carbons (Fsp3) is 0.429. The van der Waals surface area contributed by atoms with Crippen LogP contribution in [0.4, 0.5) is 4.79 Å². The van der Waals surface area contributed by atoms with Gasteiger partial charge in [0.2, 0.25) is 0 Å². The van der Waals surface area contributed by atoms with Crippen LogP contribution in [0.2, 0.25) is 0 Å². The summed E-state index contributed by atoms with van der Waals surface area (Å²) in [6, 6.07) is 9.81. The normalized spacial score (nSPS) is 19.1. The van der Waals surface area contributed by atoms with Crippen LogP contribution in [0.5, 0.6) is 0 Å². The predicted octanol–water partition coefficient (Wildman–Crippen LogP) is 3.35. The van der Waals surface area contributed by atoms with Crippen molar-refractivity contribution < 1.29 is 9.53 Å². The maximum atomic E-state index is 12.0. The molecule has 0 fully saturated rings. The van der Waals surface area contributed by atoms with Gasteiger partial charge in [0.15, 0.2) is 0 Å². The van der Waals surface area contributed by atoms with Crippen LogP contribution in [-0.4, -0.2) is 22.9 Å². The molecule has 1 aromatic carbocycles. The van der Waals surface area contributed by atoms with Gasteiger partial charge in [-0.2, -0.15) is 10.1 Å². The predicted molar refractivity (Wildman–Crippen MR) is 70.4 cm³/mol. The Hall–Kier alpha value is -1.84. The number of ether oxygens (including phenoxy) is 1. The van der Waals surface area contributed by atoms with Gasteiger partial charge in [0.1, 0.15) is 5.60 Å². The van der Waals surface area contributed by atoms with Gasteiger partial charge in [0.25, 0.3) is 0 Å². The lowest BCUT2D eigenvalue weighted by atomic mass is 10.1. The Kier molecular flexibility index (Phi) is 3.36. The second kappa shape index (κ2) is 4.80. The molecule has 18 heavy (non-hydrogen) atoms. The molecule has 96 valence electrons. The van der Waals surface area contributed by atoms with Crippen molar-refractivity contribution in [1.29, 1.82) is 0 Å². The molecule has 0 aromatic heterocycles. The van der Waals surface area contributed by atoms with Crippen molar-refractivity contribution in [2.75, 3.05) is 0 Å². The van der Waals surface area contributed by atoms with Crippen LogP contribution in [0.1, 0.15) is 38.8 Å². The van der Waals surface area contributed by atoms with Crippen molar-refractivity contribution in [1.82, 2.24) is 5.01 Å². The molecular weight excluding hydrogens is 228 g/mol. The fourth-order valence-electron chi connectivity index (χ4n) is 1.85. The van der Waals surface area contributed by atoms with Gasteiger partial charge in [-0.25, -0.2) is 4.79 Å². The van der Waals surface area contributed by atoms with Gasteiger partial charge < -0.3 is 4.74 Å². The number of nitrogens with zero attached hydrogens (tertiary/aromatic N) is 2. The second-order valence-electron chi connectivity index (χ2n) is 5.29. The first-order valence-electron chi connectivity index (χ1n) is 6.07. The highest BCUT2D eigenvalue weighted by Crippen LogP contribution is 2.29. The third-order valence-corrected chi connectivity index (χ3v) is 2.59. The minimum atomic E-state index is -0.504. The molecule has 0 radical (unpaired) electrons. The maximum Gasteiger partial charge on any atom is 0.431 e. The van der Waals surface area contributed by atoms with Gasteiger partial charge in [0, 0.05) is 12.6 Å². The van der Waals surface area contributed by atoms with E-state index in [4.69, 9.17) is 4.74 Å². The Morgan fingerprint density at radius 1 is 1.33 bits per heavy atom. The lowest BCUT2D eigenvalue weighted by Gasteiger charge is -2.26. The molecule has 1 unspecified atom stereocenters. The SMILES string of the molecule is CC(C)(C)OC(=O)N1N=CCC1c1ccccc1. The molecule has 1 heterocycles.